The number of carbonyl (C=O) groups excluding carboxylic acids is 1. The van der Waals surface area contributed by atoms with Crippen molar-refractivity contribution in [2.75, 3.05) is 0 Å². The predicted molar refractivity (Wildman–Crippen MR) is 86.3 cm³/mol. The number of nitrogens with one attached hydrogen (secondary N) is 2. The number of rotatable bonds is 3. The Morgan fingerprint density at radius 1 is 1.25 bits per heavy atom. The molecule has 1 fully saturated rings. The summed E-state index contributed by atoms with van der Waals surface area (Å²) < 4.78 is 0. The van der Waals surface area contributed by atoms with Crippen LogP contribution in [0.25, 0.3) is 6.08 Å². The van der Waals surface area contributed by atoms with Crippen molar-refractivity contribution in [2.45, 2.75) is 38.6 Å². The number of amides is 1. The van der Waals surface area contributed by atoms with Gasteiger partial charge in [-0.2, -0.15) is 0 Å². The molecule has 0 aromatic heterocycles. The van der Waals surface area contributed by atoms with Gasteiger partial charge in [-0.1, -0.05) is 42.7 Å². The molecular weight excluding hydrogens is 268 g/mol. The van der Waals surface area contributed by atoms with Crippen LogP contribution in [0.4, 0.5) is 0 Å². The Morgan fingerprint density at radius 2 is 1.90 bits per heavy atom. The topological polar surface area (TPSA) is 41.1 Å². The molecule has 20 heavy (non-hydrogen) atoms. The van der Waals surface area contributed by atoms with E-state index >= 15 is 0 Å². The molecule has 2 N–H and O–H groups in total. The lowest BCUT2D eigenvalue weighted by molar-refractivity contribution is -0.115. The number of carbonyl (C=O) groups is 1. The molecule has 1 amide bonds. The highest BCUT2D eigenvalue weighted by molar-refractivity contribution is 7.80. The molecule has 0 bridgehead atoms. The predicted octanol–water partition coefficient (Wildman–Crippen LogP) is 2.94. The Kier molecular flexibility index (Phi) is 5.30. The average Bonchev–Trinajstić information content (AvgIpc) is 2.90. The van der Waals surface area contributed by atoms with Gasteiger partial charge in [0.15, 0.2) is 5.11 Å². The quantitative estimate of drug-likeness (QED) is 0.664. The molecule has 1 saturated carbocycles. The van der Waals surface area contributed by atoms with Gasteiger partial charge in [-0.05, 0) is 43.6 Å². The van der Waals surface area contributed by atoms with Crippen molar-refractivity contribution in [1.82, 2.24) is 10.6 Å². The van der Waals surface area contributed by atoms with E-state index in [4.69, 9.17) is 12.2 Å². The lowest BCUT2D eigenvalue weighted by atomic mass is 10.1. The summed E-state index contributed by atoms with van der Waals surface area (Å²) in [7, 11) is 0. The molecule has 1 aliphatic rings. The zero-order valence-corrected chi connectivity index (χ0v) is 12.5. The normalized spacial score (nSPS) is 15.4. The van der Waals surface area contributed by atoms with Crippen LogP contribution in [0, 0.1) is 6.92 Å². The Labute approximate surface area is 125 Å². The van der Waals surface area contributed by atoms with E-state index in [9.17, 15) is 4.79 Å². The molecule has 2 rings (SSSR count). The minimum Gasteiger partial charge on any atom is -0.360 e. The van der Waals surface area contributed by atoms with E-state index in [1.165, 1.54) is 24.5 Å². The van der Waals surface area contributed by atoms with Crippen LogP contribution < -0.4 is 10.6 Å². The standard InChI is InChI=1S/C16H20N2OS/c1-12-6-8-13(9-7-12)10-11-15(19)18-16(20)17-14-4-2-3-5-14/h6-11,14H,2-5H2,1H3,(H2,17,18,19,20). The van der Waals surface area contributed by atoms with Gasteiger partial charge in [-0.3, -0.25) is 10.1 Å². The third-order valence-corrected chi connectivity index (χ3v) is 3.65. The van der Waals surface area contributed by atoms with Crippen molar-refractivity contribution >= 4 is 29.3 Å². The van der Waals surface area contributed by atoms with Gasteiger partial charge < -0.3 is 5.32 Å². The fourth-order valence-electron chi connectivity index (χ4n) is 2.29. The maximum atomic E-state index is 11.7. The maximum Gasteiger partial charge on any atom is 0.250 e. The van der Waals surface area contributed by atoms with Crippen LogP contribution in [0.3, 0.4) is 0 Å². The van der Waals surface area contributed by atoms with Crippen LogP contribution >= 0.6 is 12.2 Å². The van der Waals surface area contributed by atoms with Gasteiger partial charge in [0.05, 0.1) is 0 Å². The second-order valence-electron chi connectivity index (χ2n) is 5.19. The average molecular weight is 288 g/mol. The zero-order valence-electron chi connectivity index (χ0n) is 11.7. The van der Waals surface area contributed by atoms with Crippen LogP contribution in [-0.2, 0) is 4.79 Å². The molecule has 1 aromatic carbocycles. The molecule has 0 atom stereocenters. The summed E-state index contributed by atoms with van der Waals surface area (Å²) in [4.78, 5) is 11.7. The van der Waals surface area contributed by atoms with Crippen LogP contribution in [0.15, 0.2) is 30.3 Å². The molecule has 0 radical (unpaired) electrons. The van der Waals surface area contributed by atoms with E-state index < -0.39 is 0 Å². The van der Waals surface area contributed by atoms with E-state index in [0.29, 0.717) is 11.2 Å². The van der Waals surface area contributed by atoms with Gasteiger partial charge in [0.2, 0.25) is 5.91 Å². The Morgan fingerprint density at radius 3 is 2.55 bits per heavy atom. The highest BCUT2D eigenvalue weighted by Crippen LogP contribution is 2.17. The van der Waals surface area contributed by atoms with E-state index in [2.05, 4.69) is 10.6 Å². The SMILES string of the molecule is Cc1ccc(C=CC(=O)NC(=S)NC2CCCC2)cc1. The summed E-state index contributed by atoms with van der Waals surface area (Å²) in [5, 5.41) is 6.29. The van der Waals surface area contributed by atoms with Crippen LogP contribution in [0.5, 0.6) is 0 Å². The molecular formula is C16H20N2OS. The van der Waals surface area contributed by atoms with E-state index in [0.717, 1.165) is 18.4 Å². The van der Waals surface area contributed by atoms with E-state index in [1.807, 2.05) is 31.2 Å². The molecule has 0 heterocycles. The summed E-state index contributed by atoms with van der Waals surface area (Å²) in [6, 6.07) is 8.42. The summed E-state index contributed by atoms with van der Waals surface area (Å²) >= 11 is 5.14. The van der Waals surface area contributed by atoms with Crippen LogP contribution in [-0.4, -0.2) is 17.1 Å². The first-order valence-corrected chi connectivity index (χ1v) is 7.40. The molecule has 106 valence electrons. The second kappa shape index (κ2) is 7.20. The molecule has 0 spiro atoms. The third kappa shape index (κ3) is 4.78. The minimum absolute atomic E-state index is 0.193. The molecule has 1 aromatic rings. The Bertz CT molecular complexity index is 502. The highest BCUT2D eigenvalue weighted by Gasteiger charge is 2.15. The largest absolute Gasteiger partial charge is 0.360 e. The van der Waals surface area contributed by atoms with Gasteiger partial charge in [-0.25, -0.2) is 0 Å². The van der Waals surface area contributed by atoms with Crippen molar-refractivity contribution in [3.05, 3.63) is 41.5 Å². The Hall–Kier alpha value is -1.68. The summed E-state index contributed by atoms with van der Waals surface area (Å²) in [5.41, 5.74) is 2.20. The van der Waals surface area contributed by atoms with Crippen molar-refractivity contribution < 1.29 is 4.79 Å². The minimum atomic E-state index is -0.193. The van der Waals surface area contributed by atoms with Crippen molar-refractivity contribution in [2.24, 2.45) is 0 Å². The molecule has 4 heteroatoms. The van der Waals surface area contributed by atoms with Crippen molar-refractivity contribution in [1.29, 1.82) is 0 Å². The van der Waals surface area contributed by atoms with Gasteiger partial charge >= 0.3 is 0 Å². The second-order valence-corrected chi connectivity index (χ2v) is 5.60. The molecule has 0 unspecified atom stereocenters. The lowest BCUT2D eigenvalue weighted by Crippen LogP contribution is -2.42. The number of hydrogen-bond donors (Lipinski definition) is 2. The van der Waals surface area contributed by atoms with E-state index in [-0.39, 0.29) is 5.91 Å². The van der Waals surface area contributed by atoms with Crippen LogP contribution in [0.1, 0.15) is 36.8 Å². The van der Waals surface area contributed by atoms with Crippen molar-refractivity contribution in [3.63, 3.8) is 0 Å². The third-order valence-electron chi connectivity index (χ3n) is 3.43. The number of thiocarbonyl (C=S) groups is 1. The summed E-state index contributed by atoms with van der Waals surface area (Å²) in [6.07, 6.45) is 8.04. The first-order chi connectivity index (χ1) is 9.63. The van der Waals surface area contributed by atoms with Crippen molar-refractivity contribution in [3.8, 4) is 0 Å². The lowest BCUT2D eigenvalue weighted by Gasteiger charge is -2.13. The fourth-order valence-corrected chi connectivity index (χ4v) is 2.56. The first-order valence-electron chi connectivity index (χ1n) is 7.00. The van der Waals surface area contributed by atoms with Gasteiger partial charge in [0, 0.05) is 12.1 Å². The number of benzene rings is 1. The number of aryl methyl sites for hydroxylation is 1. The zero-order chi connectivity index (χ0) is 14.4. The molecule has 3 nitrogen and oxygen atoms in total. The van der Waals surface area contributed by atoms with E-state index in [1.54, 1.807) is 6.08 Å². The summed E-state index contributed by atoms with van der Waals surface area (Å²) in [6.45, 7) is 2.04. The fraction of sp³-hybridized carbons (Fsp3) is 0.375. The van der Waals surface area contributed by atoms with Crippen LogP contribution in [0.2, 0.25) is 0 Å². The smallest absolute Gasteiger partial charge is 0.250 e. The Balaban J connectivity index is 1.79. The van der Waals surface area contributed by atoms with Gasteiger partial charge in [0.25, 0.3) is 0 Å². The molecule has 0 aliphatic heterocycles. The highest BCUT2D eigenvalue weighted by atomic mass is 32.1. The monoisotopic (exact) mass is 288 g/mol. The van der Waals surface area contributed by atoms with Gasteiger partial charge in [0.1, 0.15) is 0 Å². The molecule has 0 saturated heterocycles. The molecule has 1 aliphatic carbocycles. The number of hydrogen-bond acceptors (Lipinski definition) is 2. The first kappa shape index (κ1) is 14.7. The maximum absolute atomic E-state index is 11.7. The summed E-state index contributed by atoms with van der Waals surface area (Å²) in [5.74, 6) is -0.193. The van der Waals surface area contributed by atoms with Gasteiger partial charge in [-0.15, -0.1) is 0 Å².